The van der Waals surface area contributed by atoms with Gasteiger partial charge < -0.3 is 9.64 Å². The molecule has 3 saturated heterocycles. The van der Waals surface area contributed by atoms with E-state index in [1.165, 1.54) is 12.1 Å². The summed E-state index contributed by atoms with van der Waals surface area (Å²) in [6, 6.07) is 6.73. The Labute approximate surface area is 148 Å². The maximum Gasteiger partial charge on any atom is 0.227 e. The third-order valence-electron chi connectivity index (χ3n) is 6.24. The van der Waals surface area contributed by atoms with E-state index in [4.69, 9.17) is 4.74 Å². The van der Waals surface area contributed by atoms with Gasteiger partial charge in [-0.3, -0.25) is 9.69 Å². The standard InChI is InChI=1S/C20H27FN2O2/c21-17-5-3-16(4-6-17)13-22-14-18(19(24)23-9-1-2-10-23)20(15-22)7-11-25-12-8-20/h3-6,18H,1-2,7-15H2/t18-/m1/s1. The number of nitrogens with zero attached hydrogens (tertiary/aromatic N) is 2. The summed E-state index contributed by atoms with van der Waals surface area (Å²) < 4.78 is 18.7. The first-order valence-electron chi connectivity index (χ1n) is 9.50. The molecule has 3 heterocycles. The van der Waals surface area contributed by atoms with E-state index >= 15 is 0 Å². The maximum absolute atomic E-state index is 13.2. The Morgan fingerprint density at radius 1 is 1.16 bits per heavy atom. The molecule has 0 aliphatic carbocycles. The minimum Gasteiger partial charge on any atom is -0.381 e. The molecule has 4 rings (SSSR count). The normalized spacial score (nSPS) is 26.4. The van der Waals surface area contributed by atoms with Gasteiger partial charge in [-0.2, -0.15) is 0 Å². The molecular weight excluding hydrogens is 319 g/mol. The van der Waals surface area contributed by atoms with Crippen molar-refractivity contribution >= 4 is 5.91 Å². The Hall–Kier alpha value is -1.46. The number of likely N-dealkylation sites (tertiary alicyclic amines) is 2. The second-order valence-corrected chi connectivity index (χ2v) is 7.86. The van der Waals surface area contributed by atoms with E-state index in [9.17, 15) is 9.18 Å². The summed E-state index contributed by atoms with van der Waals surface area (Å²) in [7, 11) is 0. The van der Waals surface area contributed by atoms with Gasteiger partial charge in [0.25, 0.3) is 0 Å². The van der Waals surface area contributed by atoms with Gasteiger partial charge in [-0.15, -0.1) is 0 Å². The van der Waals surface area contributed by atoms with Crippen LogP contribution in [0.15, 0.2) is 24.3 Å². The molecule has 3 fully saturated rings. The van der Waals surface area contributed by atoms with Crippen molar-refractivity contribution in [1.29, 1.82) is 0 Å². The number of amides is 1. The minimum atomic E-state index is -0.201. The summed E-state index contributed by atoms with van der Waals surface area (Å²) in [6.07, 6.45) is 4.20. The number of ether oxygens (including phenoxy) is 1. The number of carbonyl (C=O) groups excluding carboxylic acids is 1. The molecule has 1 atom stereocenters. The van der Waals surface area contributed by atoms with Crippen LogP contribution in [-0.2, 0) is 16.1 Å². The Morgan fingerprint density at radius 2 is 1.84 bits per heavy atom. The highest BCUT2D eigenvalue weighted by atomic mass is 19.1. The van der Waals surface area contributed by atoms with Crippen LogP contribution in [0.2, 0.25) is 0 Å². The van der Waals surface area contributed by atoms with Gasteiger partial charge in [0.2, 0.25) is 5.91 Å². The van der Waals surface area contributed by atoms with Gasteiger partial charge >= 0.3 is 0 Å². The molecule has 3 aliphatic rings. The summed E-state index contributed by atoms with van der Waals surface area (Å²) in [4.78, 5) is 17.6. The van der Waals surface area contributed by atoms with Crippen LogP contribution in [0.3, 0.4) is 0 Å². The monoisotopic (exact) mass is 346 g/mol. The van der Waals surface area contributed by atoms with Crippen LogP contribution < -0.4 is 0 Å². The van der Waals surface area contributed by atoms with Crippen molar-refractivity contribution in [1.82, 2.24) is 9.80 Å². The molecule has 136 valence electrons. The number of benzene rings is 1. The van der Waals surface area contributed by atoms with Crippen molar-refractivity contribution in [3.8, 4) is 0 Å². The van der Waals surface area contributed by atoms with Crippen LogP contribution in [-0.4, -0.2) is 55.1 Å². The van der Waals surface area contributed by atoms with Crippen molar-refractivity contribution in [2.24, 2.45) is 11.3 Å². The number of carbonyl (C=O) groups is 1. The highest BCUT2D eigenvalue weighted by Gasteiger charge is 2.51. The molecule has 25 heavy (non-hydrogen) atoms. The van der Waals surface area contributed by atoms with E-state index < -0.39 is 0 Å². The van der Waals surface area contributed by atoms with Gasteiger partial charge in [0.05, 0.1) is 5.92 Å². The number of hydrogen-bond acceptors (Lipinski definition) is 3. The molecule has 1 aromatic rings. The summed E-state index contributed by atoms with van der Waals surface area (Å²) in [5, 5.41) is 0. The third-order valence-corrected chi connectivity index (χ3v) is 6.24. The van der Waals surface area contributed by atoms with Gasteiger partial charge in [0.15, 0.2) is 0 Å². The molecular formula is C20H27FN2O2. The summed E-state index contributed by atoms with van der Waals surface area (Å²) in [5.74, 6) is 0.226. The van der Waals surface area contributed by atoms with Crippen LogP contribution in [0, 0.1) is 17.2 Å². The van der Waals surface area contributed by atoms with Gasteiger partial charge in [-0.05, 0) is 43.4 Å². The second kappa shape index (κ2) is 7.04. The van der Waals surface area contributed by atoms with Gasteiger partial charge in [-0.1, -0.05) is 12.1 Å². The molecule has 0 N–H and O–H groups in total. The number of halogens is 1. The van der Waals surface area contributed by atoms with Crippen molar-refractivity contribution in [3.05, 3.63) is 35.6 Å². The molecule has 1 aromatic carbocycles. The molecule has 5 heteroatoms. The van der Waals surface area contributed by atoms with Crippen LogP contribution in [0.5, 0.6) is 0 Å². The average molecular weight is 346 g/mol. The zero-order chi connectivity index (χ0) is 17.3. The first kappa shape index (κ1) is 17.0. The van der Waals surface area contributed by atoms with E-state index in [1.54, 1.807) is 0 Å². The first-order valence-corrected chi connectivity index (χ1v) is 9.50. The van der Waals surface area contributed by atoms with E-state index in [0.717, 1.165) is 77.2 Å². The van der Waals surface area contributed by atoms with Crippen molar-refractivity contribution < 1.29 is 13.9 Å². The van der Waals surface area contributed by atoms with Crippen molar-refractivity contribution in [2.45, 2.75) is 32.2 Å². The summed E-state index contributed by atoms with van der Waals surface area (Å²) in [5.41, 5.74) is 1.16. The van der Waals surface area contributed by atoms with E-state index in [-0.39, 0.29) is 17.2 Å². The predicted molar refractivity (Wildman–Crippen MR) is 93.5 cm³/mol. The van der Waals surface area contributed by atoms with E-state index in [2.05, 4.69) is 9.80 Å². The van der Waals surface area contributed by atoms with E-state index in [0.29, 0.717) is 5.91 Å². The van der Waals surface area contributed by atoms with Crippen LogP contribution in [0.1, 0.15) is 31.2 Å². The Bertz CT molecular complexity index is 607. The van der Waals surface area contributed by atoms with Crippen LogP contribution in [0.25, 0.3) is 0 Å². The van der Waals surface area contributed by atoms with Crippen molar-refractivity contribution in [2.75, 3.05) is 39.4 Å². The van der Waals surface area contributed by atoms with Crippen LogP contribution in [0.4, 0.5) is 4.39 Å². The molecule has 0 unspecified atom stereocenters. The Morgan fingerprint density at radius 3 is 2.52 bits per heavy atom. The lowest BCUT2D eigenvalue weighted by atomic mass is 9.71. The molecule has 4 nitrogen and oxygen atoms in total. The highest BCUT2D eigenvalue weighted by Crippen LogP contribution is 2.45. The molecule has 0 radical (unpaired) electrons. The molecule has 3 aliphatic heterocycles. The summed E-state index contributed by atoms with van der Waals surface area (Å²) in [6.45, 7) is 5.89. The number of hydrogen-bond donors (Lipinski definition) is 0. The Balaban J connectivity index is 1.51. The topological polar surface area (TPSA) is 32.8 Å². The fourth-order valence-corrected chi connectivity index (χ4v) is 4.82. The van der Waals surface area contributed by atoms with Gasteiger partial charge in [0, 0.05) is 51.4 Å². The largest absolute Gasteiger partial charge is 0.381 e. The zero-order valence-corrected chi connectivity index (χ0v) is 14.8. The van der Waals surface area contributed by atoms with Crippen LogP contribution >= 0.6 is 0 Å². The molecule has 0 bridgehead atoms. The van der Waals surface area contributed by atoms with Gasteiger partial charge in [-0.25, -0.2) is 4.39 Å². The number of rotatable bonds is 3. The fraction of sp³-hybridized carbons (Fsp3) is 0.650. The maximum atomic E-state index is 13.2. The lowest BCUT2D eigenvalue weighted by Gasteiger charge is -2.38. The predicted octanol–water partition coefficient (Wildman–Crippen LogP) is 2.68. The lowest BCUT2D eigenvalue weighted by Crippen LogP contribution is -2.45. The molecule has 1 spiro atoms. The Kier molecular flexibility index (Phi) is 4.78. The van der Waals surface area contributed by atoms with E-state index in [1.807, 2.05) is 12.1 Å². The molecule has 1 amide bonds. The average Bonchev–Trinajstić information content (AvgIpc) is 3.26. The van der Waals surface area contributed by atoms with Crippen molar-refractivity contribution in [3.63, 3.8) is 0 Å². The fourth-order valence-electron chi connectivity index (χ4n) is 4.82. The summed E-state index contributed by atoms with van der Waals surface area (Å²) >= 11 is 0. The smallest absolute Gasteiger partial charge is 0.227 e. The quantitative estimate of drug-likeness (QED) is 0.844. The second-order valence-electron chi connectivity index (χ2n) is 7.86. The lowest BCUT2D eigenvalue weighted by molar-refractivity contribution is -0.139. The highest BCUT2D eigenvalue weighted by molar-refractivity contribution is 5.80. The minimum absolute atomic E-state index is 0.0535. The molecule has 0 saturated carbocycles. The molecule has 0 aromatic heterocycles. The third kappa shape index (κ3) is 3.44. The van der Waals surface area contributed by atoms with Gasteiger partial charge in [0.1, 0.15) is 5.82 Å². The zero-order valence-electron chi connectivity index (χ0n) is 14.8. The SMILES string of the molecule is O=C([C@H]1CN(Cc2ccc(F)cc2)CC12CCOCC2)N1CCCC1. The first-order chi connectivity index (χ1) is 12.2.